The fourth-order valence-corrected chi connectivity index (χ4v) is 2.52. The van der Waals surface area contributed by atoms with Gasteiger partial charge in [-0.1, -0.05) is 0 Å². The lowest BCUT2D eigenvalue weighted by molar-refractivity contribution is 0.0910. The van der Waals surface area contributed by atoms with Gasteiger partial charge in [-0.2, -0.15) is 0 Å². The highest BCUT2D eigenvalue weighted by molar-refractivity contribution is 7.78. The summed E-state index contributed by atoms with van der Waals surface area (Å²) >= 11 is 4.57. The predicted molar refractivity (Wildman–Crippen MR) is 90.1 cm³/mol. The molecule has 2 aromatic rings. The number of thiocarbonyl (C=S) groups is 1. The van der Waals surface area contributed by atoms with Gasteiger partial charge in [-0.3, -0.25) is 9.78 Å². The van der Waals surface area contributed by atoms with Crippen molar-refractivity contribution in [3.63, 3.8) is 0 Å². The number of nitrogens with one attached hydrogen (secondary N) is 1. The van der Waals surface area contributed by atoms with Gasteiger partial charge in [0.15, 0.2) is 0 Å². The van der Waals surface area contributed by atoms with E-state index >= 15 is 0 Å². The smallest absolute Gasteiger partial charge is 0.251 e. The van der Waals surface area contributed by atoms with E-state index in [1.807, 2.05) is 6.07 Å². The lowest BCUT2D eigenvalue weighted by Crippen LogP contribution is -2.46. The van der Waals surface area contributed by atoms with E-state index in [1.54, 1.807) is 42.7 Å². The fourth-order valence-electron chi connectivity index (χ4n) is 2.37. The SMILES string of the molecule is O=C(N[C@H]1C[C@@H](N=C=S)C1)c1ccc(Oc2cccnc2)cc1. The average Bonchev–Trinajstić information content (AvgIpc) is 2.54. The van der Waals surface area contributed by atoms with Gasteiger partial charge in [0.05, 0.1) is 17.4 Å². The normalized spacial score (nSPS) is 19.1. The van der Waals surface area contributed by atoms with Gasteiger partial charge in [-0.15, -0.1) is 0 Å². The molecular weight excluding hydrogens is 310 g/mol. The van der Waals surface area contributed by atoms with Crippen molar-refractivity contribution < 1.29 is 9.53 Å². The Balaban J connectivity index is 1.55. The Labute approximate surface area is 139 Å². The van der Waals surface area contributed by atoms with Crippen molar-refractivity contribution in [2.24, 2.45) is 4.99 Å². The van der Waals surface area contributed by atoms with E-state index in [2.05, 4.69) is 32.7 Å². The minimum Gasteiger partial charge on any atom is -0.456 e. The second kappa shape index (κ2) is 7.13. The molecule has 0 radical (unpaired) electrons. The number of amides is 1. The summed E-state index contributed by atoms with van der Waals surface area (Å²) in [6.07, 6.45) is 4.95. The third kappa shape index (κ3) is 4.00. The van der Waals surface area contributed by atoms with Gasteiger partial charge in [-0.05, 0) is 61.5 Å². The largest absolute Gasteiger partial charge is 0.456 e. The summed E-state index contributed by atoms with van der Waals surface area (Å²) < 4.78 is 5.64. The van der Waals surface area contributed by atoms with Crippen LogP contribution in [0.4, 0.5) is 0 Å². The fraction of sp³-hybridized carbons (Fsp3) is 0.235. The van der Waals surface area contributed by atoms with Crippen molar-refractivity contribution in [2.75, 3.05) is 0 Å². The first-order valence-electron chi connectivity index (χ1n) is 7.30. The second-order valence-corrected chi connectivity index (χ2v) is 5.51. The molecule has 1 aromatic carbocycles. The lowest BCUT2D eigenvalue weighted by atomic mass is 9.87. The summed E-state index contributed by atoms with van der Waals surface area (Å²) in [5, 5.41) is 5.36. The molecule has 1 fully saturated rings. The van der Waals surface area contributed by atoms with Crippen molar-refractivity contribution in [3.05, 3.63) is 54.4 Å². The summed E-state index contributed by atoms with van der Waals surface area (Å²) in [5.74, 6) is 1.23. The van der Waals surface area contributed by atoms with E-state index in [9.17, 15) is 4.79 Å². The van der Waals surface area contributed by atoms with Gasteiger partial charge < -0.3 is 10.1 Å². The molecule has 1 aliphatic carbocycles. The van der Waals surface area contributed by atoms with Crippen LogP contribution < -0.4 is 10.1 Å². The van der Waals surface area contributed by atoms with E-state index in [-0.39, 0.29) is 18.0 Å². The van der Waals surface area contributed by atoms with Gasteiger partial charge in [0, 0.05) is 17.8 Å². The molecule has 0 atom stereocenters. The zero-order valence-corrected chi connectivity index (χ0v) is 13.1. The Morgan fingerprint density at radius 2 is 2.04 bits per heavy atom. The van der Waals surface area contributed by atoms with Crippen LogP contribution in [0.5, 0.6) is 11.5 Å². The van der Waals surface area contributed by atoms with E-state index in [0.29, 0.717) is 17.1 Å². The van der Waals surface area contributed by atoms with Crippen molar-refractivity contribution in [1.82, 2.24) is 10.3 Å². The number of isothiocyanates is 1. The van der Waals surface area contributed by atoms with Crippen molar-refractivity contribution in [1.29, 1.82) is 0 Å². The Hall–Kier alpha value is -2.56. The molecule has 1 aromatic heterocycles. The van der Waals surface area contributed by atoms with E-state index in [1.165, 1.54) is 0 Å². The number of carbonyl (C=O) groups is 1. The summed E-state index contributed by atoms with van der Waals surface area (Å²) in [7, 11) is 0. The van der Waals surface area contributed by atoms with Gasteiger partial charge in [0.1, 0.15) is 11.5 Å². The monoisotopic (exact) mass is 325 g/mol. The summed E-state index contributed by atoms with van der Waals surface area (Å²) in [5.41, 5.74) is 0.602. The summed E-state index contributed by atoms with van der Waals surface area (Å²) in [6, 6.07) is 11.0. The van der Waals surface area contributed by atoms with E-state index in [0.717, 1.165) is 12.8 Å². The minimum absolute atomic E-state index is 0.0901. The molecule has 3 rings (SSSR count). The topological polar surface area (TPSA) is 63.6 Å². The number of hydrogen-bond acceptors (Lipinski definition) is 5. The van der Waals surface area contributed by atoms with Crippen LogP contribution in [-0.4, -0.2) is 28.1 Å². The van der Waals surface area contributed by atoms with Crippen LogP contribution in [0.2, 0.25) is 0 Å². The van der Waals surface area contributed by atoms with Crippen LogP contribution in [0, 0.1) is 0 Å². The average molecular weight is 325 g/mol. The maximum atomic E-state index is 12.2. The number of rotatable bonds is 5. The van der Waals surface area contributed by atoms with Crippen LogP contribution in [-0.2, 0) is 0 Å². The number of hydrogen-bond donors (Lipinski definition) is 1. The zero-order valence-electron chi connectivity index (χ0n) is 12.3. The third-order valence-corrected chi connectivity index (χ3v) is 3.78. The number of benzene rings is 1. The van der Waals surface area contributed by atoms with Crippen LogP contribution in [0.1, 0.15) is 23.2 Å². The van der Waals surface area contributed by atoms with E-state index < -0.39 is 0 Å². The molecule has 1 aliphatic rings. The maximum Gasteiger partial charge on any atom is 0.251 e. The van der Waals surface area contributed by atoms with Crippen LogP contribution in [0.25, 0.3) is 0 Å². The van der Waals surface area contributed by atoms with Crippen molar-refractivity contribution in [3.8, 4) is 11.5 Å². The number of nitrogens with zero attached hydrogens (tertiary/aromatic N) is 2. The Kier molecular flexibility index (Phi) is 4.76. The molecule has 116 valence electrons. The van der Waals surface area contributed by atoms with Crippen molar-refractivity contribution in [2.45, 2.75) is 24.9 Å². The molecule has 23 heavy (non-hydrogen) atoms. The van der Waals surface area contributed by atoms with Gasteiger partial charge >= 0.3 is 0 Å². The number of aliphatic imine (C=N–C) groups is 1. The highest BCUT2D eigenvalue weighted by Gasteiger charge is 2.29. The Bertz CT molecular complexity index is 721. The first-order chi connectivity index (χ1) is 11.2. The van der Waals surface area contributed by atoms with Crippen LogP contribution in [0.15, 0.2) is 53.8 Å². The predicted octanol–water partition coefficient (Wildman–Crippen LogP) is 3.24. The number of carbonyl (C=O) groups excluding carboxylic acids is 1. The standard InChI is InChI=1S/C17H15N3O2S/c21-17(20-14-8-13(9-14)19-11-23)12-3-5-15(6-4-12)22-16-2-1-7-18-10-16/h1-7,10,13-14H,8-9H2,(H,20,21)/t13-,14+. The zero-order chi connectivity index (χ0) is 16.1. The maximum absolute atomic E-state index is 12.2. The first-order valence-corrected chi connectivity index (χ1v) is 7.71. The van der Waals surface area contributed by atoms with Crippen LogP contribution in [0.3, 0.4) is 0 Å². The molecule has 1 saturated carbocycles. The Morgan fingerprint density at radius 3 is 2.70 bits per heavy atom. The molecule has 1 amide bonds. The lowest BCUT2D eigenvalue weighted by Gasteiger charge is -2.32. The molecule has 5 nitrogen and oxygen atoms in total. The van der Waals surface area contributed by atoms with Crippen molar-refractivity contribution >= 4 is 23.3 Å². The summed E-state index contributed by atoms with van der Waals surface area (Å²) in [6.45, 7) is 0. The molecule has 0 spiro atoms. The molecule has 0 bridgehead atoms. The van der Waals surface area contributed by atoms with Gasteiger partial charge in [-0.25, -0.2) is 4.99 Å². The summed E-state index contributed by atoms with van der Waals surface area (Å²) in [4.78, 5) is 20.1. The minimum atomic E-state index is -0.0901. The molecular formula is C17H15N3O2S. The first kappa shape index (κ1) is 15.3. The molecule has 0 aliphatic heterocycles. The Morgan fingerprint density at radius 1 is 1.26 bits per heavy atom. The molecule has 1 heterocycles. The number of pyridine rings is 1. The molecule has 6 heteroatoms. The molecule has 0 unspecified atom stereocenters. The number of ether oxygens (including phenoxy) is 1. The highest BCUT2D eigenvalue weighted by Crippen LogP contribution is 2.24. The molecule has 0 saturated heterocycles. The van der Waals surface area contributed by atoms with Crippen LogP contribution >= 0.6 is 12.2 Å². The highest BCUT2D eigenvalue weighted by atomic mass is 32.1. The molecule has 1 N–H and O–H groups in total. The quantitative estimate of drug-likeness (QED) is 0.677. The van der Waals surface area contributed by atoms with Gasteiger partial charge in [0.25, 0.3) is 5.91 Å². The number of aromatic nitrogens is 1. The second-order valence-electron chi connectivity index (χ2n) is 5.33. The van der Waals surface area contributed by atoms with Gasteiger partial charge in [0.2, 0.25) is 0 Å². The third-order valence-electron chi connectivity index (χ3n) is 3.67. The van der Waals surface area contributed by atoms with E-state index in [4.69, 9.17) is 4.74 Å².